The molecule has 0 amide bonds. The summed E-state index contributed by atoms with van der Waals surface area (Å²) in [6.07, 6.45) is 0. The van der Waals surface area contributed by atoms with E-state index >= 15 is 0 Å². The largest absolute Gasteiger partial charge is 0.528 e. The molecule has 0 aliphatic carbocycles. The summed E-state index contributed by atoms with van der Waals surface area (Å²) in [7, 11) is 6.70. The molecule has 0 rings (SSSR count). The first-order valence-corrected chi connectivity index (χ1v) is 4.89. The minimum Gasteiger partial charge on any atom is -0.528 e. The summed E-state index contributed by atoms with van der Waals surface area (Å²) in [5.74, 6) is -0.0813. The highest BCUT2D eigenvalue weighted by Gasteiger charge is 2.34. The molecule has 12 heavy (non-hydrogen) atoms. The van der Waals surface area contributed by atoms with E-state index in [-0.39, 0.29) is 11.4 Å². The van der Waals surface area contributed by atoms with Crippen molar-refractivity contribution in [3.8, 4) is 0 Å². The molecule has 0 bridgehead atoms. The number of carbonyl (C=O) groups excluding carboxylic acids is 1. The Hall–Kier alpha value is -0.353. The van der Waals surface area contributed by atoms with E-state index in [9.17, 15) is 4.79 Å². The highest BCUT2D eigenvalue weighted by Crippen LogP contribution is 2.19. The van der Waals surface area contributed by atoms with E-state index in [2.05, 4.69) is 21.1 Å². The lowest BCUT2D eigenvalue weighted by Gasteiger charge is -2.32. The molecule has 0 radical (unpaired) electrons. The molecular formula is C8H20NO2Si+. The Morgan fingerprint density at radius 1 is 1.42 bits per heavy atom. The lowest BCUT2D eigenvalue weighted by atomic mass is 9.93. The van der Waals surface area contributed by atoms with Crippen molar-refractivity contribution in [3.63, 3.8) is 0 Å². The maximum atomic E-state index is 11.3. The van der Waals surface area contributed by atoms with Crippen molar-refractivity contribution in [1.82, 2.24) is 0 Å². The molecule has 0 saturated carbocycles. The Kier molecular flexibility index (Phi) is 3.47. The van der Waals surface area contributed by atoms with E-state index in [0.29, 0.717) is 10.5 Å². The van der Waals surface area contributed by atoms with Crippen molar-refractivity contribution in [1.29, 1.82) is 0 Å². The normalized spacial score (nSPS) is 13.1. The first-order chi connectivity index (χ1) is 5.19. The second-order valence-corrected chi connectivity index (χ2v) is 5.23. The predicted octanol–water partition coefficient (Wildman–Crippen LogP) is -0.458. The topological polar surface area (TPSA) is 26.3 Å². The molecular weight excluding hydrogens is 170 g/mol. The Bertz CT molecular complexity index is 172. The average Bonchev–Trinajstić information content (AvgIpc) is 1.80. The summed E-state index contributed by atoms with van der Waals surface area (Å²) in [6.45, 7) is 4.65. The second-order valence-electron chi connectivity index (χ2n) is 4.82. The number of nitrogens with zero attached hydrogens (tertiary/aromatic N) is 1. The van der Waals surface area contributed by atoms with Crippen LogP contribution in [-0.2, 0) is 9.22 Å². The molecule has 0 spiro atoms. The smallest absolute Gasteiger partial charge is 0.303 e. The zero-order valence-corrected chi connectivity index (χ0v) is 11.0. The van der Waals surface area contributed by atoms with Crippen molar-refractivity contribution >= 4 is 16.5 Å². The molecule has 0 N–H and O–H groups in total. The first-order valence-electron chi connectivity index (χ1n) is 4.08. The van der Waals surface area contributed by atoms with Gasteiger partial charge in [0.15, 0.2) is 0 Å². The van der Waals surface area contributed by atoms with Crippen molar-refractivity contribution in [2.75, 3.05) is 27.7 Å². The summed E-state index contributed by atoms with van der Waals surface area (Å²) in [5, 5.41) is 0. The van der Waals surface area contributed by atoms with Gasteiger partial charge in [-0.25, -0.2) is 0 Å². The van der Waals surface area contributed by atoms with Crippen LogP contribution in [0.1, 0.15) is 13.8 Å². The Morgan fingerprint density at radius 3 is 2.08 bits per heavy atom. The van der Waals surface area contributed by atoms with E-state index in [0.717, 1.165) is 11.0 Å². The van der Waals surface area contributed by atoms with Gasteiger partial charge < -0.3 is 8.91 Å². The molecule has 0 aromatic rings. The number of hydrogen-bond acceptors (Lipinski definition) is 2. The van der Waals surface area contributed by atoms with Gasteiger partial charge in [-0.15, -0.1) is 0 Å². The summed E-state index contributed by atoms with van der Waals surface area (Å²) >= 11 is 0. The van der Waals surface area contributed by atoms with Gasteiger partial charge in [0, 0.05) is 0 Å². The average molecular weight is 190 g/mol. The van der Waals surface area contributed by atoms with E-state index in [1.807, 2.05) is 13.8 Å². The van der Waals surface area contributed by atoms with Gasteiger partial charge in [0.05, 0.1) is 27.7 Å². The minimum atomic E-state index is -0.361. The SMILES string of the molecule is CC(C)(C[N+](C)(C)C)C(=O)O[SiH3]. The van der Waals surface area contributed by atoms with Crippen LogP contribution in [0.25, 0.3) is 0 Å². The molecule has 4 heteroatoms. The van der Waals surface area contributed by atoms with Gasteiger partial charge in [-0.3, -0.25) is 4.79 Å². The van der Waals surface area contributed by atoms with Crippen molar-refractivity contribution in [3.05, 3.63) is 0 Å². The number of hydrogen-bond donors (Lipinski definition) is 0. The molecule has 0 atom stereocenters. The predicted molar refractivity (Wildman–Crippen MR) is 52.7 cm³/mol. The number of rotatable bonds is 3. The van der Waals surface area contributed by atoms with Crippen LogP contribution in [0.2, 0.25) is 0 Å². The Morgan fingerprint density at radius 2 is 1.83 bits per heavy atom. The quantitative estimate of drug-likeness (QED) is 0.445. The van der Waals surface area contributed by atoms with Gasteiger partial charge in [0.1, 0.15) is 5.41 Å². The van der Waals surface area contributed by atoms with Crippen LogP contribution in [0, 0.1) is 5.41 Å². The van der Waals surface area contributed by atoms with E-state index in [1.165, 1.54) is 0 Å². The molecule has 0 fully saturated rings. The molecule has 0 aromatic carbocycles. The second kappa shape index (κ2) is 3.58. The van der Waals surface area contributed by atoms with E-state index in [4.69, 9.17) is 4.43 Å². The molecule has 0 aliphatic rings. The maximum Gasteiger partial charge on any atom is 0.303 e. The van der Waals surface area contributed by atoms with Crippen LogP contribution in [0.15, 0.2) is 0 Å². The number of carbonyl (C=O) groups is 1. The van der Waals surface area contributed by atoms with Crippen molar-refractivity contribution in [2.24, 2.45) is 5.41 Å². The Labute approximate surface area is 77.8 Å². The lowest BCUT2D eigenvalue weighted by Crippen LogP contribution is -2.46. The fraction of sp³-hybridized carbons (Fsp3) is 0.875. The molecule has 0 unspecified atom stereocenters. The molecule has 0 aromatic heterocycles. The summed E-state index contributed by atoms with van der Waals surface area (Å²) < 4.78 is 5.63. The van der Waals surface area contributed by atoms with Gasteiger partial charge in [0.25, 0.3) is 0 Å². The molecule has 72 valence electrons. The van der Waals surface area contributed by atoms with Gasteiger partial charge >= 0.3 is 5.97 Å². The lowest BCUT2D eigenvalue weighted by molar-refractivity contribution is -0.875. The van der Waals surface area contributed by atoms with Crippen LogP contribution >= 0.6 is 0 Å². The molecule has 0 aliphatic heterocycles. The third kappa shape index (κ3) is 3.87. The van der Waals surface area contributed by atoms with Gasteiger partial charge in [-0.1, -0.05) is 0 Å². The van der Waals surface area contributed by atoms with E-state index in [1.54, 1.807) is 0 Å². The molecule has 3 nitrogen and oxygen atoms in total. The summed E-state index contributed by atoms with van der Waals surface area (Å²) in [6, 6.07) is 0. The van der Waals surface area contributed by atoms with Crippen LogP contribution < -0.4 is 0 Å². The third-order valence-electron chi connectivity index (χ3n) is 1.61. The fourth-order valence-corrected chi connectivity index (χ4v) is 2.08. The third-order valence-corrected chi connectivity index (χ3v) is 1.98. The summed E-state index contributed by atoms with van der Waals surface area (Å²) in [4.78, 5) is 11.3. The maximum absolute atomic E-state index is 11.3. The van der Waals surface area contributed by atoms with Crippen molar-refractivity contribution in [2.45, 2.75) is 13.8 Å². The molecule has 0 heterocycles. The van der Waals surface area contributed by atoms with Crippen LogP contribution in [0.4, 0.5) is 0 Å². The number of quaternary nitrogens is 1. The highest BCUT2D eigenvalue weighted by molar-refractivity contribution is 6.06. The van der Waals surface area contributed by atoms with Gasteiger partial charge in [0.2, 0.25) is 10.5 Å². The highest BCUT2D eigenvalue weighted by atomic mass is 28.2. The van der Waals surface area contributed by atoms with E-state index < -0.39 is 0 Å². The van der Waals surface area contributed by atoms with Crippen LogP contribution in [0.5, 0.6) is 0 Å². The van der Waals surface area contributed by atoms with Crippen LogP contribution in [0.3, 0.4) is 0 Å². The monoisotopic (exact) mass is 190 g/mol. The van der Waals surface area contributed by atoms with Crippen molar-refractivity contribution < 1.29 is 13.7 Å². The zero-order valence-electron chi connectivity index (χ0n) is 8.97. The first kappa shape index (κ1) is 11.6. The van der Waals surface area contributed by atoms with Gasteiger partial charge in [-0.2, -0.15) is 0 Å². The zero-order chi connectivity index (χ0) is 9.99. The van der Waals surface area contributed by atoms with Crippen LogP contribution in [-0.4, -0.2) is 48.6 Å². The summed E-state index contributed by atoms with van der Waals surface area (Å²) in [5.41, 5.74) is -0.361. The molecule has 0 saturated heterocycles. The standard InChI is InChI=1S/C8H20NO2Si/c1-8(2,7(10)11-12)6-9(3,4)5/h6H2,1-5,12H3/q+1. The Balaban J connectivity index is 4.32. The fourth-order valence-electron chi connectivity index (χ4n) is 1.53. The van der Waals surface area contributed by atoms with Gasteiger partial charge in [-0.05, 0) is 13.8 Å². The minimum absolute atomic E-state index is 0.0813.